The first-order valence-corrected chi connectivity index (χ1v) is 5.59. The third-order valence-corrected chi connectivity index (χ3v) is 3.27. The summed E-state index contributed by atoms with van der Waals surface area (Å²) in [5.41, 5.74) is 8.30. The number of aromatic nitrogens is 2. The number of hydrogen-bond acceptors (Lipinski definition) is 2. The fourth-order valence-corrected chi connectivity index (χ4v) is 2.27. The quantitative estimate of drug-likeness (QED) is 0.570. The number of fused-ring (bicyclic) bond motifs is 3. The van der Waals surface area contributed by atoms with Crippen LogP contribution in [0.2, 0.25) is 0 Å². The van der Waals surface area contributed by atoms with E-state index in [1.807, 2.05) is 6.92 Å². The lowest BCUT2D eigenvalue weighted by Crippen LogP contribution is -1.91. The van der Waals surface area contributed by atoms with Crippen LogP contribution in [-0.2, 0) is 6.42 Å². The smallest absolute Gasteiger partial charge is 0.0759 e. The summed E-state index contributed by atoms with van der Waals surface area (Å²) in [5.74, 6) is 0. The molecule has 1 aliphatic rings. The number of hydrogen-bond donors (Lipinski definition) is 0. The van der Waals surface area contributed by atoms with Gasteiger partial charge in [0.15, 0.2) is 0 Å². The van der Waals surface area contributed by atoms with Crippen LogP contribution in [0.4, 0.5) is 0 Å². The highest BCUT2D eigenvalue weighted by molar-refractivity contribution is 5.72. The highest BCUT2D eigenvalue weighted by Gasteiger charge is 2.21. The van der Waals surface area contributed by atoms with Gasteiger partial charge in [-0.3, -0.25) is 9.97 Å². The van der Waals surface area contributed by atoms with Crippen LogP contribution in [0.5, 0.6) is 0 Å². The van der Waals surface area contributed by atoms with E-state index in [0.717, 1.165) is 23.5 Å². The molecule has 0 spiro atoms. The van der Waals surface area contributed by atoms with Crippen molar-refractivity contribution in [2.45, 2.75) is 27.2 Å². The first-order chi connectivity index (χ1) is 7.65. The van der Waals surface area contributed by atoms with Gasteiger partial charge < -0.3 is 0 Å². The van der Waals surface area contributed by atoms with Crippen LogP contribution in [0, 0.1) is 20.8 Å². The topological polar surface area (TPSA) is 25.8 Å². The van der Waals surface area contributed by atoms with Crippen molar-refractivity contribution in [1.29, 1.82) is 0 Å². The monoisotopic (exact) mass is 210 g/mol. The maximum atomic E-state index is 4.68. The van der Waals surface area contributed by atoms with Gasteiger partial charge in [0.25, 0.3) is 0 Å². The third-order valence-electron chi connectivity index (χ3n) is 3.27. The molecule has 0 unspecified atom stereocenters. The van der Waals surface area contributed by atoms with Gasteiger partial charge in [0.2, 0.25) is 0 Å². The molecule has 80 valence electrons. The molecule has 0 saturated carbocycles. The molecule has 2 aromatic rings. The van der Waals surface area contributed by atoms with E-state index >= 15 is 0 Å². The Morgan fingerprint density at radius 3 is 2.69 bits per heavy atom. The number of aryl methyl sites for hydroxylation is 3. The van der Waals surface area contributed by atoms with Crippen LogP contribution >= 0.6 is 0 Å². The van der Waals surface area contributed by atoms with E-state index < -0.39 is 0 Å². The molecule has 0 bridgehead atoms. The molecule has 1 aliphatic carbocycles. The minimum absolute atomic E-state index is 0.931. The van der Waals surface area contributed by atoms with Crippen molar-refractivity contribution in [2.75, 3.05) is 0 Å². The normalized spacial score (nSPS) is 12.4. The van der Waals surface area contributed by atoms with Crippen molar-refractivity contribution >= 4 is 0 Å². The van der Waals surface area contributed by atoms with Gasteiger partial charge in [-0.25, -0.2) is 0 Å². The van der Waals surface area contributed by atoms with Crippen LogP contribution in [-0.4, -0.2) is 9.97 Å². The van der Waals surface area contributed by atoms with E-state index in [4.69, 9.17) is 0 Å². The van der Waals surface area contributed by atoms with E-state index in [2.05, 4.69) is 42.0 Å². The summed E-state index contributed by atoms with van der Waals surface area (Å²) in [4.78, 5) is 9.27. The molecule has 2 aromatic heterocycles. The van der Waals surface area contributed by atoms with Gasteiger partial charge >= 0.3 is 0 Å². The molecule has 0 saturated heterocycles. The largest absolute Gasteiger partial charge is 0.257 e. The maximum Gasteiger partial charge on any atom is 0.0759 e. The molecule has 0 aliphatic heterocycles. The lowest BCUT2D eigenvalue weighted by Gasteiger charge is -2.04. The van der Waals surface area contributed by atoms with E-state index in [-0.39, 0.29) is 0 Å². The van der Waals surface area contributed by atoms with Crippen molar-refractivity contribution < 1.29 is 0 Å². The van der Waals surface area contributed by atoms with Gasteiger partial charge in [0.1, 0.15) is 0 Å². The van der Waals surface area contributed by atoms with Gasteiger partial charge in [-0.2, -0.15) is 0 Å². The summed E-state index contributed by atoms with van der Waals surface area (Å²) in [5, 5.41) is 0. The van der Waals surface area contributed by atoms with Crippen molar-refractivity contribution in [3.63, 3.8) is 0 Å². The Morgan fingerprint density at radius 2 is 1.88 bits per heavy atom. The summed E-state index contributed by atoms with van der Waals surface area (Å²) in [6, 6.07) is 6.45. The molecule has 2 heteroatoms. The van der Waals surface area contributed by atoms with Crippen LogP contribution in [0.1, 0.15) is 28.2 Å². The van der Waals surface area contributed by atoms with Crippen molar-refractivity contribution in [3.05, 3.63) is 46.4 Å². The molecule has 0 N–H and O–H groups in total. The van der Waals surface area contributed by atoms with Crippen molar-refractivity contribution in [3.8, 4) is 11.3 Å². The van der Waals surface area contributed by atoms with E-state index in [1.165, 1.54) is 22.4 Å². The fourth-order valence-electron chi connectivity index (χ4n) is 2.27. The van der Waals surface area contributed by atoms with Gasteiger partial charge in [-0.15, -0.1) is 0 Å². The summed E-state index contributed by atoms with van der Waals surface area (Å²) in [6.07, 6.45) is 0.931. The second-order valence-corrected chi connectivity index (χ2v) is 4.52. The summed E-state index contributed by atoms with van der Waals surface area (Å²) >= 11 is 0. The van der Waals surface area contributed by atoms with Crippen LogP contribution in [0.3, 0.4) is 0 Å². The molecule has 2 nitrogen and oxygen atoms in total. The standard InChI is InChI=1S/C14H14N2/c1-8-6-11-7-13-12(5-4-9(2)15-13)14(11)16-10(8)3/h4-6H,7H2,1-3H3. The lowest BCUT2D eigenvalue weighted by atomic mass is 10.1. The minimum Gasteiger partial charge on any atom is -0.257 e. The molecular weight excluding hydrogens is 196 g/mol. The number of rotatable bonds is 0. The SMILES string of the molecule is Cc1ccc2c(n1)Cc1cc(C)c(C)nc1-2. The lowest BCUT2D eigenvalue weighted by molar-refractivity contribution is 1.07. The molecule has 0 fully saturated rings. The highest BCUT2D eigenvalue weighted by atomic mass is 14.8. The molecule has 0 radical (unpaired) electrons. The first kappa shape index (κ1) is 9.52. The first-order valence-electron chi connectivity index (χ1n) is 5.59. The third kappa shape index (κ3) is 1.26. The molecule has 0 amide bonds. The Bertz CT molecular complexity index is 586. The van der Waals surface area contributed by atoms with Crippen LogP contribution in [0.25, 0.3) is 11.3 Å². The van der Waals surface area contributed by atoms with Crippen LogP contribution < -0.4 is 0 Å². The maximum absolute atomic E-state index is 4.68. The molecule has 2 heterocycles. The Hall–Kier alpha value is -1.70. The van der Waals surface area contributed by atoms with Gasteiger partial charge in [0, 0.05) is 23.4 Å². The Balaban J connectivity index is 2.25. The van der Waals surface area contributed by atoms with Gasteiger partial charge in [-0.05, 0) is 44.0 Å². The molecule has 0 atom stereocenters. The predicted molar refractivity (Wildman–Crippen MR) is 64.5 cm³/mol. The van der Waals surface area contributed by atoms with E-state index in [0.29, 0.717) is 0 Å². The molecular formula is C14H14N2. The predicted octanol–water partition coefficient (Wildman–Crippen LogP) is 2.97. The Morgan fingerprint density at radius 1 is 1.06 bits per heavy atom. The average molecular weight is 210 g/mol. The number of pyridine rings is 2. The van der Waals surface area contributed by atoms with E-state index in [9.17, 15) is 0 Å². The molecule has 3 rings (SSSR count). The Kier molecular flexibility index (Phi) is 1.87. The Labute approximate surface area is 95.4 Å². The fraction of sp³-hybridized carbons (Fsp3) is 0.286. The summed E-state index contributed by atoms with van der Waals surface area (Å²) < 4.78 is 0. The minimum atomic E-state index is 0.931. The van der Waals surface area contributed by atoms with Crippen LogP contribution in [0.15, 0.2) is 18.2 Å². The van der Waals surface area contributed by atoms with Gasteiger partial charge in [-0.1, -0.05) is 6.07 Å². The second-order valence-electron chi connectivity index (χ2n) is 4.52. The zero-order chi connectivity index (χ0) is 11.3. The summed E-state index contributed by atoms with van der Waals surface area (Å²) in [7, 11) is 0. The van der Waals surface area contributed by atoms with E-state index in [1.54, 1.807) is 0 Å². The second kappa shape index (κ2) is 3.14. The van der Waals surface area contributed by atoms with Gasteiger partial charge in [0.05, 0.1) is 11.4 Å². The number of nitrogens with zero attached hydrogens (tertiary/aromatic N) is 2. The zero-order valence-corrected chi connectivity index (χ0v) is 9.83. The van der Waals surface area contributed by atoms with Crippen molar-refractivity contribution in [2.24, 2.45) is 0 Å². The van der Waals surface area contributed by atoms with Crippen molar-refractivity contribution in [1.82, 2.24) is 9.97 Å². The highest BCUT2D eigenvalue weighted by Crippen LogP contribution is 2.34. The zero-order valence-electron chi connectivity index (χ0n) is 9.83. The molecule has 0 aromatic carbocycles. The average Bonchev–Trinajstić information content (AvgIpc) is 2.55. The summed E-state index contributed by atoms with van der Waals surface area (Å²) in [6.45, 7) is 6.21. The molecule has 16 heavy (non-hydrogen) atoms.